The highest BCUT2D eigenvalue weighted by atomic mass is 32.2. The minimum absolute atomic E-state index is 0.0408. The second-order valence-corrected chi connectivity index (χ2v) is 6.34. The van der Waals surface area contributed by atoms with Crippen molar-refractivity contribution in [2.45, 2.75) is 50.1 Å². The maximum Gasteiger partial charge on any atom is 0.233 e. The smallest absolute Gasteiger partial charge is 0.233 e. The zero-order valence-electron chi connectivity index (χ0n) is 11.0. The van der Waals surface area contributed by atoms with Crippen molar-refractivity contribution < 1.29 is 4.79 Å². The number of carbonyl (C=O) groups excluding carboxylic acids is 1. The summed E-state index contributed by atoms with van der Waals surface area (Å²) in [4.78, 5) is 11.9. The first-order valence-electron chi connectivity index (χ1n) is 6.30. The van der Waals surface area contributed by atoms with Crippen LogP contribution >= 0.6 is 11.8 Å². The Kier molecular flexibility index (Phi) is 4.21. The van der Waals surface area contributed by atoms with E-state index in [1.54, 1.807) is 0 Å². The van der Waals surface area contributed by atoms with Crippen molar-refractivity contribution >= 4 is 17.7 Å². The van der Waals surface area contributed by atoms with Crippen LogP contribution in [0, 0.1) is 5.92 Å². The van der Waals surface area contributed by atoms with Gasteiger partial charge in [-0.25, -0.2) is 4.68 Å². The first-order chi connectivity index (χ1) is 8.58. The van der Waals surface area contributed by atoms with Gasteiger partial charge in [-0.2, -0.15) is 0 Å². The zero-order valence-corrected chi connectivity index (χ0v) is 11.8. The van der Waals surface area contributed by atoms with Gasteiger partial charge in [0.05, 0.1) is 11.3 Å². The molecule has 1 aromatic rings. The summed E-state index contributed by atoms with van der Waals surface area (Å²) in [7, 11) is 0. The summed E-state index contributed by atoms with van der Waals surface area (Å²) in [6, 6.07) is 0.438. The molecule has 1 heterocycles. The molecule has 0 bridgehead atoms. The molecule has 0 unspecified atom stereocenters. The van der Waals surface area contributed by atoms with E-state index in [0.717, 1.165) is 18.0 Å². The molecule has 100 valence electrons. The molecule has 1 aromatic heterocycles. The molecule has 1 aliphatic carbocycles. The highest BCUT2D eigenvalue weighted by molar-refractivity contribution is 8.00. The highest BCUT2D eigenvalue weighted by Gasteiger charge is 2.29. The molecule has 0 aromatic carbocycles. The van der Waals surface area contributed by atoms with E-state index in [1.807, 2.05) is 11.6 Å². The number of nitrogens with one attached hydrogen (secondary N) is 1. The predicted octanol–water partition coefficient (Wildman–Crippen LogP) is 1.26. The minimum atomic E-state index is -0.174. The number of aromatic nitrogens is 4. The fourth-order valence-corrected chi connectivity index (χ4v) is 2.36. The van der Waals surface area contributed by atoms with E-state index >= 15 is 0 Å². The number of thioether (sulfide) groups is 1. The number of carbonyl (C=O) groups is 1. The van der Waals surface area contributed by atoms with Crippen molar-refractivity contribution in [1.82, 2.24) is 25.5 Å². The Hall–Kier alpha value is -1.11. The van der Waals surface area contributed by atoms with E-state index in [1.165, 1.54) is 11.8 Å². The third-order valence-electron chi connectivity index (χ3n) is 2.69. The van der Waals surface area contributed by atoms with Gasteiger partial charge in [0.15, 0.2) is 0 Å². The number of tetrazole rings is 1. The first kappa shape index (κ1) is 13.3. The summed E-state index contributed by atoms with van der Waals surface area (Å²) in [5.41, 5.74) is 0. The van der Waals surface area contributed by atoms with Crippen LogP contribution in [0.25, 0.3) is 0 Å². The average Bonchev–Trinajstić information content (AvgIpc) is 3.07. The van der Waals surface area contributed by atoms with Gasteiger partial charge in [-0.1, -0.05) is 25.6 Å². The lowest BCUT2D eigenvalue weighted by molar-refractivity contribution is -0.120. The standard InChI is InChI=1S/C11H19N5OS/c1-7(2)6-12-10(17)8(3)18-11-13-14-15-16(11)9-4-5-9/h7-9H,4-6H2,1-3H3,(H,12,17)/t8-/m0/s1. The van der Waals surface area contributed by atoms with E-state index in [9.17, 15) is 4.79 Å². The molecule has 1 atom stereocenters. The molecule has 2 rings (SSSR count). The van der Waals surface area contributed by atoms with Gasteiger partial charge in [0.2, 0.25) is 11.1 Å². The summed E-state index contributed by atoms with van der Waals surface area (Å²) in [5, 5.41) is 15.1. The average molecular weight is 269 g/mol. The van der Waals surface area contributed by atoms with Crippen molar-refractivity contribution in [3.63, 3.8) is 0 Å². The van der Waals surface area contributed by atoms with Crippen LogP contribution in [0.3, 0.4) is 0 Å². The Morgan fingerprint density at radius 2 is 2.22 bits per heavy atom. The van der Waals surface area contributed by atoms with E-state index in [4.69, 9.17) is 0 Å². The molecular weight excluding hydrogens is 250 g/mol. The van der Waals surface area contributed by atoms with Gasteiger partial charge in [0.25, 0.3) is 0 Å². The van der Waals surface area contributed by atoms with Gasteiger partial charge in [-0.15, -0.1) is 5.10 Å². The fraction of sp³-hybridized carbons (Fsp3) is 0.818. The number of amides is 1. The van der Waals surface area contributed by atoms with Crippen LogP contribution in [-0.2, 0) is 4.79 Å². The number of hydrogen-bond acceptors (Lipinski definition) is 5. The van der Waals surface area contributed by atoms with Gasteiger partial charge in [0, 0.05) is 6.54 Å². The Labute approximate surface area is 111 Å². The second-order valence-electron chi connectivity index (χ2n) is 5.04. The normalized spacial score (nSPS) is 16.9. The van der Waals surface area contributed by atoms with Crippen LogP contribution in [0.1, 0.15) is 39.7 Å². The third-order valence-corrected chi connectivity index (χ3v) is 3.74. The summed E-state index contributed by atoms with van der Waals surface area (Å²) >= 11 is 1.42. The van der Waals surface area contributed by atoms with E-state index < -0.39 is 0 Å². The Morgan fingerprint density at radius 3 is 2.83 bits per heavy atom. The van der Waals surface area contributed by atoms with E-state index in [-0.39, 0.29) is 11.2 Å². The lowest BCUT2D eigenvalue weighted by Gasteiger charge is -2.12. The quantitative estimate of drug-likeness (QED) is 0.787. The summed E-state index contributed by atoms with van der Waals surface area (Å²) < 4.78 is 1.83. The zero-order chi connectivity index (χ0) is 13.1. The molecule has 18 heavy (non-hydrogen) atoms. The van der Waals surface area contributed by atoms with Gasteiger partial charge in [-0.3, -0.25) is 4.79 Å². The molecule has 1 saturated carbocycles. The molecule has 1 aliphatic rings. The van der Waals surface area contributed by atoms with Crippen LogP contribution < -0.4 is 5.32 Å². The molecule has 0 spiro atoms. The maximum absolute atomic E-state index is 11.9. The van der Waals surface area contributed by atoms with Gasteiger partial charge < -0.3 is 5.32 Å². The first-order valence-corrected chi connectivity index (χ1v) is 7.18. The van der Waals surface area contributed by atoms with Crippen molar-refractivity contribution in [1.29, 1.82) is 0 Å². The highest BCUT2D eigenvalue weighted by Crippen LogP contribution is 2.37. The molecule has 1 N–H and O–H groups in total. The van der Waals surface area contributed by atoms with E-state index in [0.29, 0.717) is 18.5 Å². The van der Waals surface area contributed by atoms with Crippen LogP contribution in [0.2, 0.25) is 0 Å². The SMILES string of the molecule is CC(C)CNC(=O)[C@H](C)Sc1nnnn1C1CC1. The second kappa shape index (κ2) is 5.69. The molecule has 6 nitrogen and oxygen atoms in total. The molecule has 1 fully saturated rings. The molecular formula is C11H19N5OS. The van der Waals surface area contributed by atoms with Crippen molar-refractivity contribution in [2.75, 3.05) is 6.54 Å². The maximum atomic E-state index is 11.9. The molecule has 0 aliphatic heterocycles. The Morgan fingerprint density at radius 1 is 1.50 bits per heavy atom. The third kappa shape index (κ3) is 3.44. The summed E-state index contributed by atoms with van der Waals surface area (Å²) in [6.07, 6.45) is 2.26. The number of rotatable bonds is 6. The molecule has 0 saturated heterocycles. The predicted molar refractivity (Wildman–Crippen MR) is 69.3 cm³/mol. The molecule has 1 amide bonds. The van der Waals surface area contributed by atoms with Gasteiger partial charge >= 0.3 is 0 Å². The van der Waals surface area contributed by atoms with Crippen molar-refractivity contribution in [3.05, 3.63) is 0 Å². The minimum Gasteiger partial charge on any atom is -0.355 e. The lowest BCUT2D eigenvalue weighted by Crippen LogP contribution is -2.33. The van der Waals surface area contributed by atoms with Crippen LogP contribution in [-0.4, -0.2) is 37.9 Å². The topological polar surface area (TPSA) is 72.7 Å². The Balaban J connectivity index is 1.87. The Bertz CT molecular complexity index is 415. The van der Waals surface area contributed by atoms with Gasteiger partial charge in [-0.05, 0) is 36.1 Å². The lowest BCUT2D eigenvalue weighted by atomic mass is 10.2. The number of nitrogens with zero attached hydrogens (tertiary/aromatic N) is 4. The largest absolute Gasteiger partial charge is 0.355 e. The molecule has 0 radical (unpaired) electrons. The van der Waals surface area contributed by atoms with Crippen LogP contribution in [0.15, 0.2) is 5.16 Å². The summed E-state index contributed by atoms with van der Waals surface area (Å²) in [6.45, 7) is 6.74. The fourth-order valence-electron chi connectivity index (χ4n) is 1.47. The monoisotopic (exact) mass is 269 g/mol. The van der Waals surface area contributed by atoms with Gasteiger partial charge in [0.1, 0.15) is 0 Å². The van der Waals surface area contributed by atoms with Crippen molar-refractivity contribution in [3.8, 4) is 0 Å². The number of hydrogen-bond donors (Lipinski definition) is 1. The van der Waals surface area contributed by atoms with Crippen LogP contribution in [0.4, 0.5) is 0 Å². The van der Waals surface area contributed by atoms with Crippen LogP contribution in [0.5, 0.6) is 0 Å². The van der Waals surface area contributed by atoms with E-state index in [2.05, 4.69) is 34.7 Å². The van der Waals surface area contributed by atoms with Crippen molar-refractivity contribution in [2.24, 2.45) is 5.92 Å². The molecule has 7 heteroatoms. The summed E-state index contributed by atoms with van der Waals surface area (Å²) in [5.74, 6) is 0.502.